The van der Waals surface area contributed by atoms with Gasteiger partial charge in [0, 0.05) is 31.6 Å². The van der Waals surface area contributed by atoms with Gasteiger partial charge in [0.05, 0.1) is 5.69 Å². The number of hydrogen-bond acceptors (Lipinski definition) is 4. The van der Waals surface area contributed by atoms with E-state index in [1.807, 2.05) is 11.4 Å². The molecular weight excluding hydrogens is 260 g/mol. The van der Waals surface area contributed by atoms with E-state index < -0.39 is 0 Å². The summed E-state index contributed by atoms with van der Waals surface area (Å²) in [5.74, 6) is -0.0241. The van der Waals surface area contributed by atoms with Gasteiger partial charge in [-0.2, -0.15) is 0 Å². The molecule has 1 rings (SSSR count). The quantitative estimate of drug-likeness (QED) is 0.649. The summed E-state index contributed by atoms with van der Waals surface area (Å²) < 4.78 is 5.49. The first-order valence-electron chi connectivity index (χ1n) is 6.86. The number of carbonyl (C=O) groups excluding carboxylic acids is 1. The molecule has 0 aliphatic heterocycles. The molecule has 0 bridgehead atoms. The minimum absolute atomic E-state index is 0.0241. The van der Waals surface area contributed by atoms with Gasteiger partial charge in [-0.05, 0) is 30.8 Å². The zero-order chi connectivity index (χ0) is 13.9. The predicted molar refractivity (Wildman–Crippen MR) is 80.7 cm³/mol. The number of anilines is 1. The lowest BCUT2D eigenvalue weighted by Gasteiger charge is -2.07. The molecule has 0 aliphatic rings. The molecule has 19 heavy (non-hydrogen) atoms. The van der Waals surface area contributed by atoms with Gasteiger partial charge in [0.1, 0.15) is 0 Å². The molecule has 0 saturated carbocycles. The maximum absolute atomic E-state index is 11.0. The van der Waals surface area contributed by atoms with Gasteiger partial charge in [-0.25, -0.2) is 0 Å². The van der Waals surface area contributed by atoms with E-state index in [0.717, 1.165) is 44.8 Å². The summed E-state index contributed by atoms with van der Waals surface area (Å²) in [6, 6.07) is 1.94. The van der Waals surface area contributed by atoms with Crippen molar-refractivity contribution in [2.75, 3.05) is 25.1 Å². The van der Waals surface area contributed by atoms with Gasteiger partial charge in [-0.1, -0.05) is 13.3 Å². The van der Waals surface area contributed by atoms with Crippen LogP contribution in [0.15, 0.2) is 11.4 Å². The summed E-state index contributed by atoms with van der Waals surface area (Å²) in [4.78, 5) is 12.2. The molecule has 1 aromatic heterocycles. The van der Waals surface area contributed by atoms with E-state index in [2.05, 4.69) is 17.6 Å². The van der Waals surface area contributed by atoms with Crippen LogP contribution in [0.5, 0.6) is 0 Å². The Morgan fingerprint density at radius 3 is 2.89 bits per heavy atom. The molecule has 1 amide bonds. The van der Waals surface area contributed by atoms with Crippen LogP contribution in [0.3, 0.4) is 0 Å². The first kappa shape index (κ1) is 16.1. The van der Waals surface area contributed by atoms with Gasteiger partial charge in [-0.3, -0.25) is 4.79 Å². The number of thiophene rings is 1. The Labute approximate surface area is 119 Å². The summed E-state index contributed by atoms with van der Waals surface area (Å²) in [6.45, 7) is 7.11. The second-order valence-electron chi connectivity index (χ2n) is 4.43. The Morgan fingerprint density at radius 1 is 1.37 bits per heavy atom. The van der Waals surface area contributed by atoms with Gasteiger partial charge in [0.15, 0.2) is 0 Å². The Hall–Kier alpha value is -0.910. The van der Waals surface area contributed by atoms with Crippen LogP contribution in [0.25, 0.3) is 0 Å². The van der Waals surface area contributed by atoms with Gasteiger partial charge < -0.3 is 15.4 Å². The molecule has 4 nitrogen and oxygen atoms in total. The number of ether oxygens (including phenoxy) is 1. The zero-order valence-corrected chi connectivity index (χ0v) is 12.6. The summed E-state index contributed by atoms with van der Waals surface area (Å²) in [5.41, 5.74) is 0.921. The molecule has 1 aromatic rings. The van der Waals surface area contributed by atoms with E-state index in [0.29, 0.717) is 0 Å². The molecule has 1 heterocycles. The third-order valence-electron chi connectivity index (χ3n) is 2.63. The normalized spacial score (nSPS) is 10.6. The lowest BCUT2D eigenvalue weighted by molar-refractivity contribution is -0.114. The third-order valence-corrected chi connectivity index (χ3v) is 3.55. The van der Waals surface area contributed by atoms with Crippen molar-refractivity contribution in [3.63, 3.8) is 0 Å². The highest BCUT2D eigenvalue weighted by Gasteiger charge is 2.04. The second kappa shape index (κ2) is 9.95. The Bertz CT molecular complexity index is 366. The first-order chi connectivity index (χ1) is 9.24. The molecule has 0 saturated heterocycles. The maximum Gasteiger partial charge on any atom is 0.221 e. The summed E-state index contributed by atoms with van der Waals surface area (Å²) in [5, 5.41) is 8.20. The summed E-state index contributed by atoms with van der Waals surface area (Å²) in [7, 11) is 0. The van der Waals surface area contributed by atoms with Crippen LogP contribution in [0, 0.1) is 0 Å². The molecule has 108 valence electrons. The van der Waals surface area contributed by atoms with Crippen molar-refractivity contribution in [2.24, 2.45) is 0 Å². The summed E-state index contributed by atoms with van der Waals surface area (Å²) >= 11 is 1.66. The fourth-order valence-corrected chi connectivity index (χ4v) is 2.43. The number of unbranched alkanes of at least 4 members (excludes halogenated alkanes) is 1. The van der Waals surface area contributed by atoms with Crippen LogP contribution in [-0.2, 0) is 16.1 Å². The predicted octanol–water partition coefficient (Wildman–Crippen LogP) is 3.00. The van der Waals surface area contributed by atoms with Crippen molar-refractivity contribution in [1.82, 2.24) is 5.32 Å². The molecule has 0 atom stereocenters. The molecule has 0 radical (unpaired) electrons. The van der Waals surface area contributed by atoms with E-state index in [4.69, 9.17) is 4.74 Å². The standard InChI is InChI=1S/C14H24N2O2S/c1-3-4-8-18-9-5-7-15-11-14-13(6-10-19-14)16-12(2)17/h6,10,15H,3-5,7-9,11H2,1-2H3,(H,16,17). The van der Waals surface area contributed by atoms with Crippen molar-refractivity contribution in [3.05, 3.63) is 16.3 Å². The van der Waals surface area contributed by atoms with Crippen molar-refractivity contribution in [1.29, 1.82) is 0 Å². The fourth-order valence-electron chi connectivity index (χ4n) is 1.63. The van der Waals surface area contributed by atoms with Crippen LogP contribution in [0.2, 0.25) is 0 Å². The molecule has 0 aromatic carbocycles. The van der Waals surface area contributed by atoms with Crippen LogP contribution in [-0.4, -0.2) is 25.7 Å². The van der Waals surface area contributed by atoms with E-state index in [-0.39, 0.29) is 5.91 Å². The average Bonchev–Trinajstić information content (AvgIpc) is 2.79. The van der Waals surface area contributed by atoms with Crippen LogP contribution < -0.4 is 10.6 Å². The van der Waals surface area contributed by atoms with Crippen molar-refractivity contribution in [2.45, 2.75) is 39.7 Å². The van der Waals surface area contributed by atoms with Crippen molar-refractivity contribution < 1.29 is 9.53 Å². The molecule has 0 aliphatic carbocycles. The summed E-state index contributed by atoms with van der Waals surface area (Å²) in [6.07, 6.45) is 3.34. The molecule has 2 N–H and O–H groups in total. The topological polar surface area (TPSA) is 50.4 Å². The van der Waals surface area contributed by atoms with Crippen molar-refractivity contribution >= 4 is 22.9 Å². The Morgan fingerprint density at radius 2 is 2.16 bits per heavy atom. The third kappa shape index (κ3) is 7.30. The minimum atomic E-state index is -0.0241. The number of nitrogens with one attached hydrogen (secondary N) is 2. The lowest BCUT2D eigenvalue weighted by atomic mass is 10.3. The van der Waals surface area contributed by atoms with Gasteiger partial charge in [-0.15, -0.1) is 11.3 Å². The first-order valence-corrected chi connectivity index (χ1v) is 7.74. The largest absolute Gasteiger partial charge is 0.381 e. The molecule has 5 heteroatoms. The van der Waals surface area contributed by atoms with E-state index in [9.17, 15) is 4.79 Å². The average molecular weight is 284 g/mol. The molecular formula is C14H24N2O2S. The highest BCUT2D eigenvalue weighted by atomic mass is 32.1. The minimum Gasteiger partial charge on any atom is -0.381 e. The Kier molecular flexibility index (Phi) is 8.45. The second-order valence-corrected chi connectivity index (χ2v) is 5.44. The van der Waals surface area contributed by atoms with Gasteiger partial charge >= 0.3 is 0 Å². The number of amides is 1. The SMILES string of the molecule is CCCCOCCCNCc1sccc1NC(C)=O. The number of carbonyl (C=O) groups is 1. The molecule has 0 fully saturated rings. The number of hydrogen-bond donors (Lipinski definition) is 2. The molecule has 0 unspecified atom stereocenters. The maximum atomic E-state index is 11.0. The van der Waals surface area contributed by atoms with E-state index in [1.54, 1.807) is 11.3 Å². The highest BCUT2D eigenvalue weighted by molar-refractivity contribution is 7.10. The van der Waals surface area contributed by atoms with Crippen LogP contribution >= 0.6 is 11.3 Å². The lowest BCUT2D eigenvalue weighted by Crippen LogP contribution is -2.17. The van der Waals surface area contributed by atoms with E-state index in [1.165, 1.54) is 18.2 Å². The van der Waals surface area contributed by atoms with Crippen LogP contribution in [0.1, 0.15) is 38.0 Å². The smallest absolute Gasteiger partial charge is 0.221 e. The van der Waals surface area contributed by atoms with Crippen LogP contribution in [0.4, 0.5) is 5.69 Å². The number of rotatable bonds is 10. The Balaban J connectivity index is 2.09. The monoisotopic (exact) mass is 284 g/mol. The van der Waals surface area contributed by atoms with Gasteiger partial charge in [0.25, 0.3) is 0 Å². The fraction of sp³-hybridized carbons (Fsp3) is 0.643. The van der Waals surface area contributed by atoms with E-state index >= 15 is 0 Å². The highest BCUT2D eigenvalue weighted by Crippen LogP contribution is 2.21. The van der Waals surface area contributed by atoms with Gasteiger partial charge in [0.2, 0.25) is 5.91 Å². The molecule has 0 spiro atoms. The van der Waals surface area contributed by atoms with Crippen molar-refractivity contribution in [3.8, 4) is 0 Å². The zero-order valence-electron chi connectivity index (χ0n) is 11.8.